The first-order valence-corrected chi connectivity index (χ1v) is 7.24. The fraction of sp³-hybridized carbons (Fsp3) is 0.222. The van der Waals surface area contributed by atoms with E-state index in [-0.39, 0.29) is 12.5 Å². The zero-order valence-corrected chi connectivity index (χ0v) is 13.5. The standard InChI is InChI=1S/C18H20N2O3/c1-13-4-9-17(14(2)10-13)23-12-18(21)20-19-11-15-5-7-16(22-3)8-6-15/h4-11H,12H2,1-3H3,(H,20,21)/b19-11+. The molecule has 0 radical (unpaired) electrons. The number of carbonyl (C=O) groups excluding carboxylic acids is 1. The summed E-state index contributed by atoms with van der Waals surface area (Å²) in [6, 6.07) is 13.2. The molecule has 0 heterocycles. The second-order valence-electron chi connectivity index (χ2n) is 5.12. The van der Waals surface area contributed by atoms with Crippen LogP contribution in [0, 0.1) is 13.8 Å². The summed E-state index contributed by atoms with van der Waals surface area (Å²) in [4.78, 5) is 11.7. The lowest BCUT2D eigenvalue weighted by molar-refractivity contribution is -0.123. The van der Waals surface area contributed by atoms with Gasteiger partial charge in [0, 0.05) is 0 Å². The van der Waals surface area contributed by atoms with Crippen molar-refractivity contribution in [2.24, 2.45) is 5.10 Å². The molecule has 0 aliphatic rings. The van der Waals surface area contributed by atoms with Crippen LogP contribution in [0.2, 0.25) is 0 Å². The summed E-state index contributed by atoms with van der Waals surface area (Å²) in [6.45, 7) is 3.88. The van der Waals surface area contributed by atoms with Crippen LogP contribution >= 0.6 is 0 Å². The number of nitrogens with zero attached hydrogens (tertiary/aromatic N) is 1. The van der Waals surface area contributed by atoms with Gasteiger partial charge in [-0.05, 0) is 55.3 Å². The minimum atomic E-state index is -0.310. The minimum Gasteiger partial charge on any atom is -0.497 e. The largest absolute Gasteiger partial charge is 0.497 e. The lowest BCUT2D eigenvalue weighted by atomic mass is 10.1. The van der Waals surface area contributed by atoms with Crippen LogP contribution in [0.4, 0.5) is 0 Å². The fourth-order valence-corrected chi connectivity index (χ4v) is 2.01. The van der Waals surface area contributed by atoms with Gasteiger partial charge in [0.15, 0.2) is 6.61 Å². The van der Waals surface area contributed by atoms with Gasteiger partial charge in [0.1, 0.15) is 11.5 Å². The van der Waals surface area contributed by atoms with Crippen LogP contribution in [-0.4, -0.2) is 25.8 Å². The first-order chi connectivity index (χ1) is 11.1. The monoisotopic (exact) mass is 312 g/mol. The van der Waals surface area contributed by atoms with Crippen LogP contribution < -0.4 is 14.9 Å². The number of amides is 1. The molecule has 5 nitrogen and oxygen atoms in total. The van der Waals surface area contributed by atoms with Crippen LogP contribution in [0.5, 0.6) is 11.5 Å². The molecule has 120 valence electrons. The molecular formula is C18H20N2O3. The number of nitrogens with one attached hydrogen (secondary N) is 1. The van der Waals surface area contributed by atoms with Crippen LogP contribution in [0.25, 0.3) is 0 Å². The normalized spacial score (nSPS) is 10.6. The van der Waals surface area contributed by atoms with Crippen molar-refractivity contribution in [2.45, 2.75) is 13.8 Å². The summed E-state index contributed by atoms with van der Waals surface area (Å²) < 4.78 is 10.6. The molecule has 2 rings (SSSR count). The molecule has 1 amide bonds. The van der Waals surface area contributed by atoms with Gasteiger partial charge in [0.05, 0.1) is 13.3 Å². The molecular weight excluding hydrogens is 292 g/mol. The number of aryl methyl sites for hydroxylation is 2. The molecule has 0 atom stereocenters. The number of benzene rings is 2. The van der Waals surface area contributed by atoms with Gasteiger partial charge in [0.25, 0.3) is 5.91 Å². The van der Waals surface area contributed by atoms with Gasteiger partial charge in [-0.1, -0.05) is 17.7 Å². The highest BCUT2D eigenvalue weighted by molar-refractivity contribution is 5.83. The van der Waals surface area contributed by atoms with E-state index >= 15 is 0 Å². The van der Waals surface area contributed by atoms with Crippen LogP contribution in [0.1, 0.15) is 16.7 Å². The molecule has 0 aliphatic carbocycles. The topological polar surface area (TPSA) is 59.9 Å². The molecule has 1 N–H and O–H groups in total. The summed E-state index contributed by atoms with van der Waals surface area (Å²) in [6.07, 6.45) is 1.56. The average molecular weight is 312 g/mol. The first-order valence-electron chi connectivity index (χ1n) is 7.24. The number of hydrogen-bond acceptors (Lipinski definition) is 4. The molecule has 0 saturated carbocycles. The maximum atomic E-state index is 11.7. The van der Waals surface area contributed by atoms with Crippen molar-refractivity contribution in [3.63, 3.8) is 0 Å². The highest BCUT2D eigenvalue weighted by Gasteiger charge is 2.04. The van der Waals surface area contributed by atoms with E-state index in [0.29, 0.717) is 5.75 Å². The minimum absolute atomic E-state index is 0.0795. The molecule has 2 aromatic rings. The molecule has 0 aromatic heterocycles. The number of methoxy groups -OCH3 is 1. The molecule has 5 heteroatoms. The SMILES string of the molecule is COc1ccc(/C=N/NC(=O)COc2ccc(C)cc2C)cc1. The van der Waals surface area contributed by atoms with Crippen molar-refractivity contribution in [2.75, 3.05) is 13.7 Å². The quantitative estimate of drug-likeness (QED) is 0.659. The third kappa shape index (κ3) is 5.14. The van der Waals surface area contributed by atoms with Gasteiger partial charge in [-0.15, -0.1) is 0 Å². The van der Waals surface area contributed by atoms with Gasteiger partial charge in [0.2, 0.25) is 0 Å². The van der Waals surface area contributed by atoms with E-state index in [1.165, 1.54) is 0 Å². The number of hydrogen-bond donors (Lipinski definition) is 1. The third-order valence-electron chi connectivity index (χ3n) is 3.21. The van der Waals surface area contributed by atoms with Crippen LogP contribution in [0.3, 0.4) is 0 Å². The summed E-state index contributed by atoms with van der Waals surface area (Å²) >= 11 is 0. The number of ether oxygens (including phenoxy) is 2. The zero-order valence-electron chi connectivity index (χ0n) is 13.5. The Balaban J connectivity index is 1.81. The third-order valence-corrected chi connectivity index (χ3v) is 3.21. The van der Waals surface area contributed by atoms with Crippen molar-refractivity contribution in [3.05, 3.63) is 59.2 Å². The lowest BCUT2D eigenvalue weighted by Crippen LogP contribution is -2.24. The Morgan fingerprint density at radius 1 is 1.17 bits per heavy atom. The molecule has 0 unspecified atom stereocenters. The summed E-state index contributed by atoms with van der Waals surface area (Å²) in [5, 5.41) is 3.90. The van der Waals surface area contributed by atoms with E-state index in [1.54, 1.807) is 13.3 Å². The predicted molar refractivity (Wildman–Crippen MR) is 90.1 cm³/mol. The Morgan fingerprint density at radius 2 is 1.91 bits per heavy atom. The fourth-order valence-electron chi connectivity index (χ4n) is 2.01. The van der Waals surface area contributed by atoms with Crippen molar-refractivity contribution in [1.29, 1.82) is 0 Å². The zero-order chi connectivity index (χ0) is 16.7. The highest BCUT2D eigenvalue weighted by atomic mass is 16.5. The molecule has 0 fully saturated rings. The van der Waals surface area contributed by atoms with E-state index in [2.05, 4.69) is 10.5 Å². The molecule has 2 aromatic carbocycles. The summed E-state index contributed by atoms with van der Waals surface area (Å²) in [5.41, 5.74) is 5.45. The van der Waals surface area contributed by atoms with Gasteiger partial charge >= 0.3 is 0 Å². The van der Waals surface area contributed by atoms with E-state index in [0.717, 1.165) is 22.4 Å². The second-order valence-corrected chi connectivity index (χ2v) is 5.12. The summed E-state index contributed by atoms with van der Waals surface area (Å²) in [5.74, 6) is 1.16. The number of carbonyl (C=O) groups is 1. The van der Waals surface area contributed by atoms with Gasteiger partial charge in [-0.25, -0.2) is 5.43 Å². The molecule has 0 bridgehead atoms. The van der Waals surface area contributed by atoms with Crippen molar-refractivity contribution in [1.82, 2.24) is 5.43 Å². The molecule has 0 saturated heterocycles. The number of rotatable bonds is 6. The molecule has 0 aliphatic heterocycles. The predicted octanol–water partition coefficient (Wildman–Crippen LogP) is 2.84. The van der Waals surface area contributed by atoms with Crippen LogP contribution in [-0.2, 0) is 4.79 Å². The molecule has 23 heavy (non-hydrogen) atoms. The first kappa shape index (κ1) is 16.5. The Labute approximate surface area is 135 Å². The second kappa shape index (κ2) is 7.98. The maximum Gasteiger partial charge on any atom is 0.277 e. The van der Waals surface area contributed by atoms with Crippen molar-refractivity contribution >= 4 is 12.1 Å². The Morgan fingerprint density at radius 3 is 2.57 bits per heavy atom. The number of hydrazone groups is 1. The van der Waals surface area contributed by atoms with Gasteiger partial charge in [-0.3, -0.25) is 4.79 Å². The lowest BCUT2D eigenvalue weighted by Gasteiger charge is -2.08. The highest BCUT2D eigenvalue weighted by Crippen LogP contribution is 2.18. The molecule has 0 spiro atoms. The van der Waals surface area contributed by atoms with Crippen molar-refractivity contribution in [3.8, 4) is 11.5 Å². The smallest absolute Gasteiger partial charge is 0.277 e. The Bertz CT molecular complexity index is 694. The van der Waals surface area contributed by atoms with Crippen molar-refractivity contribution < 1.29 is 14.3 Å². The van der Waals surface area contributed by atoms with Gasteiger partial charge < -0.3 is 9.47 Å². The van der Waals surface area contributed by atoms with Gasteiger partial charge in [-0.2, -0.15) is 5.10 Å². The summed E-state index contributed by atoms with van der Waals surface area (Å²) in [7, 11) is 1.61. The van der Waals surface area contributed by atoms with E-state index in [4.69, 9.17) is 9.47 Å². The van der Waals surface area contributed by atoms with E-state index in [1.807, 2.05) is 56.3 Å². The van der Waals surface area contributed by atoms with E-state index < -0.39 is 0 Å². The Kier molecular flexibility index (Phi) is 5.74. The van der Waals surface area contributed by atoms with E-state index in [9.17, 15) is 4.79 Å². The Hall–Kier alpha value is -2.82. The average Bonchev–Trinajstić information content (AvgIpc) is 2.54. The van der Waals surface area contributed by atoms with Crippen LogP contribution in [0.15, 0.2) is 47.6 Å². The maximum absolute atomic E-state index is 11.7.